The Morgan fingerprint density at radius 2 is 2.00 bits per heavy atom. The molecule has 4 nitrogen and oxygen atoms in total. The van der Waals surface area contributed by atoms with Gasteiger partial charge < -0.3 is 10.0 Å². The Kier molecular flexibility index (Phi) is 2.63. The smallest absolute Gasteiger partial charge is 0.335 e. The molecule has 0 atom stereocenters. The number of hydrogen-bond acceptors (Lipinski definition) is 3. The van der Waals surface area contributed by atoms with Gasteiger partial charge in [0.25, 0.3) is 0 Å². The molecule has 0 amide bonds. The number of anilines is 1. The maximum Gasteiger partial charge on any atom is 0.335 e. The highest BCUT2D eigenvalue weighted by atomic mass is 16.4. The van der Waals surface area contributed by atoms with Gasteiger partial charge in [0.15, 0.2) is 0 Å². The van der Waals surface area contributed by atoms with Gasteiger partial charge in [0.1, 0.15) is 5.82 Å². The topological polar surface area (TPSA) is 53.4 Å². The first-order chi connectivity index (χ1) is 8.75. The van der Waals surface area contributed by atoms with E-state index in [1.807, 2.05) is 12.1 Å². The quantitative estimate of drug-likeness (QED) is 0.879. The van der Waals surface area contributed by atoms with E-state index in [9.17, 15) is 4.79 Å². The van der Waals surface area contributed by atoms with E-state index in [0.29, 0.717) is 5.56 Å². The van der Waals surface area contributed by atoms with Crippen LogP contribution in [0.4, 0.5) is 5.82 Å². The highest BCUT2D eigenvalue weighted by Gasteiger charge is 2.16. The lowest BCUT2D eigenvalue weighted by molar-refractivity contribution is 0.0697. The highest BCUT2D eigenvalue weighted by Crippen LogP contribution is 2.27. The average Bonchev–Trinajstić information content (AvgIpc) is 2.91. The molecule has 0 spiro atoms. The number of benzene rings is 1. The third-order valence-electron chi connectivity index (χ3n) is 3.40. The molecule has 2 aromatic rings. The van der Waals surface area contributed by atoms with Crippen molar-refractivity contribution in [3.8, 4) is 0 Å². The number of carbonyl (C=O) groups is 1. The first-order valence-electron chi connectivity index (χ1n) is 6.13. The van der Waals surface area contributed by atoms with Gasteiger partial charge >= 0.3 is 5.97 Å². The summed E-state index contributed by atoms with van der Waals surface area (Å²) in [4.78, 5) is 17.7. The van der Waals surface area contributed by atoms with Crippen molar-refractivity contribution in [3.63, 3.8) is 0 Å². The van der Waals surface area contributed by atoms with Crippen LogP contribution in [-0.4, -0.2) is 29.1 Å². The summed E-state index contributed by atoms with van der Waals surface area (Å²) < 4.78 is 0. The number of hydrogen-bond donors (Lipinski definition) is 1. The molecule has 1 aromatic carbocycles. The minimum atomic E-state index is -0.892. The Balaban J connectivity index is 2.13. The van der Waals surface area contributed by atoms with Gasteiger partial charge in [-0.2, -0.15) is 0 Å². The fourth-order valence-electron chi connectivity index (χ4n) is 2.48. The van der Waals surface area contributed by atoms with Crippen LogP contribution in [0.5, 0.6) is 0 Å². The van der Waals surface area contributed by atoms with Gasteiger partial charge in [-0.05, 0) is 42.5 Å². The van der Waals surface area contributed by atoms with E-state index in [1.165, 1.54) is 12.8 Å². The average molecular weight is 242 g/mol. The molecule has 4 heteroatoms. The Bertz CT molecular complexity index is 604. The first-order valence-corrected chi connectivity index (χ1v) is 6.13. The molecule has 1 saturated heterocycles. The predicted octanol–water partition coefficient (Wildman–Crippen LogP) is 2.53. The van der Waals surface area contributed by atoms with Crippen molar-refractivity contribution in [2.45, 2.75) is 12.8 Å². The predicted molar refractivity (Wildman–Crippen MR) is 70.1 cm³/mol. The molecule has 0 unspecified atom stereocenters. The van der Waals surface area contributed by atoms with Crippen molar-refractivity contribution >= 4 is 22.6 Å². The molecule has 0 bridgehead atoms. The van der Waals surface area contributed by atoms with E-state index < -0.39 is 5.97 Å². The van der Waals surface area contributed by atoms with E-state index in [4.69, 9.17) is 5.11 Å². The lowest BCUT2D eigenvalue weighted by atomic mass is 10.1. The van der Waals surface area contributed by atoms with Crippen molar-refractivity contribution in [2.75, 3.05) is 18.0 Å². The SMILES string of the molecule is O=C(O)c1ccc2c(N3CCCC3)nccc2c1. The lowest BCUT2D eigenvalue weighted by Crippen LogP contribution is -2.19. The van der Waals surface area contributed by atoms with Gasteiger partial charge in [0, 0.05) is 24.7 Å². The highest BCUT2D eigenvalue weighted by molar-refractivity contribution is 5.98. The summed E-state index contributed by atoms with van der Waals surface area (Å²) in [6.45, 7) is 2.07. The largest absolute Gasteiger partial charge is 0.478 e. The molecule has 1 aromatic heterocycles. The monoisotopic (exact) mass is 242 g/mol. The fourth-order valence-corrected chi connectivity index (χ4v) is 2.48. The van der Waals surface area contributed by atoms with Crippen molar-refractivity contribution in [1.82, 2.24) is 4.98 Å². The van der Waals surface area contributed by atoms with Crippen molar-refractivity contribution < 1.29 is 9.90 Å². The molecular weight excluding hydrogens is 228 g/mol. The standard InChI is InChI=1S/C14H14N2O2/c17-14(18)11-3-4-12-10(9-11)5-6-15-13(12)16-7-1-2-8-16/h3-6,9H,1-2,7-8H2,(H,17,18). The van der Waals surface area contributed by atoms with Gasteiger partial charge in [-0.15, -0.1) is 0 Å². The molecule has 0 aliphatic carbocycles. The van der Waals surface area contributed by atoms with Gasteiger partial charge in [-0.1, -0.05) is 0 Å². The molecule has 1 aliphatic heterocycles. The van der Waals surface area contributed by atoms with E-state index in [-0.39, 0.29) is 0 Å². The minimum absolute atomic E-state index is 0.320. The van der Waals surface area contributed by atoms with Gasteiger partial charge in [0.05, 0.1) is 5.56 Å². The number of fused-ring (bicyclic) bond motifs is 1. The van der Waals surface area contributed by atoms with Crippen LogP contribution in [0.1, 0.15) is 23.2 Å². The van der Waals surface area contributed by atoms with Crippen molar-refractivity contribution in [2.24, 2.45) is 0 Å². The molecule has 0 radical (unpaired) electrons. The number of aromatic carboxylic acids is 1. The normalized spacial score (nSPS) is 15.2. The number of carboxylic acids is 1. The van der Waals surface area contributed by atoms with Gasteiger partial charge in [0.2, 0.25) is 0 Å². The van der Waals surface area contributed by atoms with Crippen LogP contribution in [0, 0.1) is 0 Å². The van der Waals surface area contributed by atoms with Crippen LogP contribution in [0.25, 0.3) is 10.8 Å². The summed E-state index contributed by atoms with van der Waals surface area (Å²) >= 11 is 0. The molecule has 1 N–H and O–H groups in total. The number of aromatic nitrogens is 1. The van der Waals surface area contributed by atoms with Crippen LogP contribution in [0.15, 0.2) is 30.5 Å². The Hall–Kier alpha value is -2.10. The second-order valence-corrected chi connectivity index (χ2v) is 4.57. The third-order valence-corrected chi connectivity index (χ3v) is 3.40. The molecule has 0 saturated carbocycles. The second-order valence-electron chi connectivity index (χ2n) is 4.57. The van der Waals surface area contributed by atoms with E-state index in [0.717, 1.165) is 29.7 Å². The Labute approximate surface area is 105 Å². The fraction of sp³-hybridized carbons (Fsp3) is 0.286. The van der Waals surface area contributed by atoms with Gasteiger partial charge in [-0.25, -0.2) is 9.78 Å². The van der Waals surface area contributed by atoms with E-state index >= 15 is 0 Å². The van der Waals surface area contributed by atoms with Crippen LogP contribution in [-0.2, 0) is 0 Å². The summed E-state index contributed by atoms with van der Waals surface area (Å²) in [6.07, 6.45) is 4.15. The summed E-state index contributed by atoms with van der Waals surface area (Å²) in [5, 5.41) is 11.0. The zero-order valence-corrected chi connectivity index (χ0v) is 9.97. The number of nitrogens with zero attached hydrogens (tertiary/aromatic N) is 2. The van der Waals surface area contributed by atoms with Crippen molar-refractivity contribution in [1.29, 1.82) is 0 Å². The summed E-state index contributed by atoms with van der Waals surface area (Å²) in [7, 11) is 0. The lowest BCUT2D eigenvalue weighted by Gasteiger charge is -2.18. The number of rotatable bonds is 2. The minimum Gasteiger partial charge on any atom is -0.478 e. The van der Waals surface area contributed by atoms with Crippen molar-refractivity contribution in [3.05, 3.63) is 36.0 Å². The molecule has 3 rings (SSSR count). The zero-order valence-electron chi connectivity index (χ0n) is 9.97. The zero-order chi connectivity index (χ0) is 12.5. The first kappa shape index (κ1) is 11.0. The van der Waals surface area contributed by atoms with E-state index in [2.05, 4.69) is 9.88 Å². The maximum absolute atomic E-state index is 11.0. The number of carboxylic acid groups (broad SMARTS) is 1. The van der Waals surface area contributed by atoms with Gasteiger partial charge in [-0.3, -0.25) is 0 Å². The second kappa shape index (κ2) is 4.29. The summed E-state index contributed by atoms with van der Waals surface area (Å²) in [5.74, 6) is 0.0818. The summed E-state index contributed by atoms with van der Waals surface area (Å²) in [6, 6.07) is 7.08. The Morgan fingerprint density at radius 1 is 1.22 bits per heavy atom. The maximum atomic E-state index is 11.0. The van der Waals surface area contributed by atoms with Crippen LogP contribution < -0.4 is 4.90 Å². The molecular formula is C14H14N2O2. The molecule has 1 aliphatic rings. The third kappa shape index (κ3) is 1.79. The van der Waals surface area contributed by atoms with Crippen LogP contribution in [0.2, 0.25) is 0 Å². The molecule has 18 heavy (non-hydrogen) atoms. The molecule has 2 heterocycles. The molecule has 92 valence electrons. The Morgan fingerprint density at radius 3 is 2.72 bits per heavy atom. The van der Waals surface area contributed by atoms with Crippen LogP contribution in [0.3, 0.4) is 0 Å². The summed E-state index contributed by atoms with van der Waals surface area (Å²) in [5.41, 5.74) is 0.320. The van der Waals surface area contributed by atoms with E-state index in [1.54, 1.807) is 18.3 Å². The van der Waals surface area contributed by atoms with Crippen LogP contribution >= 0.6 is 0 Å². The molecule has 1 fully saturated rings. The number of pyridine rings is 1.